The molecule has 0 atom stereocenters. The second-order valence-corrected chi connectivity index (χ2v) is 4.66. The topological polar surface area (TPSA) is 67.0 Å². The lowest BCUT2D eigenvalue weighted by Crippen LogP contribution is -2.22. The summed E-state index contributed by atoms with van der Waals surface area (Å²) in [6.45, 7) is 0.454. The third kappa shape index (κ3) is 2.72. The third-order valence-corrected chi connectivity index (χ3v) is 3.31. The van der Waals surface area contributed by atoms with Crippen LogP contribution in [-0.2, 0) is 6.54 Å². The van der Waals surface area contributed by atoms with Crippen molar-refractivity contribution in [3.05, 3.63) is 60.0 Å². The Morgan fingerprint density at radius 1 is 1.38 bits per heavy atom. The number of pyridine rings is 1. The number of amides is 1. The Balaban J connectivity index is 1.78. The Hall–Kier alpha value is -2.82. The van der Waals surface area contributed by atoms with Gasteiger partial charge in [-0.1, -0.05) is 6.07 Å². The van der Waals surface area contributed by atoms with E-state index >= 15 is 0 Å². The van der Waals surface area contributed by atoms with E-state index in [1.54, 1.807) is 25.7 Å². The number of aromatic nitrogens is 2. The highest BCUT2D eigenvalue weighted by Gasteiger charge is 2.12. The van der Waals surface area contributed by atoms with Gasteiger partial charge in [-0.05, 0) is 23.8 Å². The van der Waals surface area contributed by atoms with E-state index in [0.29, 0.717) is 12.1 Å². The number of rotatable bonds is 4. The first-order chi connectivity index (χ1) is 10.3. The lowest BCUT2D eigenvalue weighted by molar-refractivity contribution is 0.0952. The van der Waals surface area contributed by atoms with E-state index in [1.807, 2.05) is 30.3 Å². The van der Waals surface area contributed by atoms with E-state index in [1.165, 1.54) is 0 Å². The molecule has 2 N–H and O–H groups in total. The fourth-order valence-electron chi connectivity index (χ4n) is 2.20. The molecule has 5 nitrogen and oxygen atoms in total. The van der Waals surface area contributed by atoms with Crippen molar-refractivity contribution >= 4 is 16.8 Å². The van der Waals surface area contributed by atoms with Gasteiger partial charge in [-0.15, -0.1) is 0 Å². The minimum Gasteiger partial charge on any atom is -0.497 e. The first-order valence-corrected chi connectivity index (χ1v) is 6.60. The first kappa shape index (κ1) is 13.2. The minimum atomic E-state index is -0.115. The molecule has 0 saturated carbocycles. The quantitative estimate of drug-likeness (QED) is 0.772. The van der Waals surface area contributed by atoms with Crippen LogP contribution < -0.4 is 10.1 Å². The predicted molar refractivity (Wildman–Crippen MR) is 80.3 cm³/mol. The number of carbonyl (C=O) groups excluding carboxylic acids is 1. The van der Waals surface area contributed by atoms with Crippen molar-refractivity contribution < 1.29 is 9.53 Å². The molecule has 3 aromatic rings. The number of benzene rings is 1. The molecule has 0 bridgehead atoms. The van der Waals surface area contributed by atoms with Crippen LogP contribution in [0.5, 0.6) is 5.75 Å². The molecule has 0 fully saturated rings. The zero-order chi connectivity index (χ0) is 14.7. The van der Waals surface area contributed by atoms with Crippen LogP contribution in [0.3, 0.4) is 0 Å². The average Bonchev–Trinajstić information content (AvgIpc) is 2.96. The molecule has 21 heavy (non-hydrogen) atoms. The second-order valence-electron chi connectivity index (χ2n) is 4.66. The molecule has 0 aliphatic heterocycles. The van der Waals surface area contributed by atoms with Crippen LogP contribution in [0.2, 0.25) is 0 Å². The van der Waals surface area contributed by atoms with Gasteiger partial charge in [0.05, 0.1) is 12.7 Å². The van der Waals surface area contributed by atoms with Gasteiger partial charge in [-0.3, -0.25) is 9.78 Å². The maximum Gasteiger partial charge on any atom is 0.253 e. The number of hydrogen-bond donors (Lipinski definition) is 2. The monoisotopic (exact) mass is 281 g/mol. The lowest BCUT2D eigenvalue weighted by atomic mass is 10.1. The standard InChI is InChI=1S/C16H15N3O2/c1-21-12-4-5-13-14(10-18-15(13)7-12)16(20)19-9-11-3-2-6-17-8-11/h2-8,10,18H,9H2,1H3,(H,19,20). The van der Waals surface area contributed by atoms with Gasteiger partial charge in [-0.25, -0.2) is 0 Å². The van der Waals surface area contributed by atoms with Crippen molar-refractivity contribution in [3.63, 3.8) is 0 Å². The highest BCUT2D eigenvalue weighted by Crippen LogP contribution is 2.23. The maximum absolute atomic E-state index is 12.3. The molecule has 0 aliphatic rings. The van der Waals surface area contributed by atoms with Crippen molar-refractivity contribution in [3.8, 4) is 5.75 Å². The molecular weight excluding hydrogens is 266 g/mol. The summed E-state index contributed by atoms with van der Waals surface area (Å²) in [6, 6.07) is 9.36. The highest BCUT2D eigenvalue weighted by molar-refractivity contribution is 6.06. The summed E-state index contributed by atoms with van der Waals surface area (Å²) < 4.78 is 5.17. The van der Waals surface area contributed by atoms with E-state index < -0.39 is 0 Å². The summed E-state index contributed by atoms with van der Waals surface area (Å²) in [5.74, 6) is 0.641. The van der Waals surface area contributed by atoms with E-state index in [-0.39, 0.29) is 5.91 Å². The molecule has 0 spiro atoms. The molecular formula is C16H15N3O2. The fourth-order valence-corrected chi connectivity index (χ4v) is 2.20. The van der Waals surface area contributed by atoms with Crippen molar-refractivity contribution in [2.75, 3.05) is 7.11 Å². The van der Waals surface area contributed by atoms with Gasteiger partial charge >= 0.3 is 0 Å². The third-order valence-electron chi connectivity index (χ3n) is 3.31. The van der Waals surface area contributed by atoms with Gasteiger partial charge in [0.15, 0.2) is 0 Å². The van der Waals surface area contributed by atoms with Crippen LogP contribution >= 0.6 is 0 Å². The normalized spacial score (nSPS) is 10.5. The maximum atomic E-state index is 12.3. The second kappa shape index (κ2) is 5.66. The van der Waals surface area contributed by atoms with Crippen LogP contribution in [0.4, 0.5) is 0 Å². The summed E-state index contributed by atoms with van der Waals surface area (Å²) in [6.07, 6.45) is 5.15. The number of methoxy groups -OCH3 is 1. The Labute approximate surface area is 122 Å². The number of H-pyrrole nitrogens is 1. The molecule has 1 amide bonds. The smallest absolute Gasteiger partial charge is 0.253 e. The van der Waals surface area contributed by atoms with E-state index in [0.717, 1.165) is 22.2 Å². The number of fused-ring (bicyclic) bond motifs is 1. The molecule has 1 aromatic carbocycles. The number of nitrogens with zero attached hydrogens (tertiary/aromatic N) is 1. The zero-order valence-corrected chi connectivity index (χ0v) is 11.6. The molecule has 5 heteroatoms. The van der Waals surface area contributed by atoms with E-state index in [4.69, 9.17) is 4.74 Å². The van der Waals surface area contributed by atoms with Crippen molar-refractivity contribution in [1.29, 1.82) is 0 Å². The molecule has 0 saturated heterocycles. The number of ether oxygens (including phenoxy) is 1. The first-order valence-electron chi connectivity index (χ1n) is 6.60. The Morgan fingerprint density at radius 3 is 3.05 bits per heavy atom. The summed E-state index contributed by atoms with van der Waals surface area (Å²) in [4.78, 5) is 19.4. The largest absolute Gasteiger partial charge is 0.497 e. The van der Waals surface area contributed by atoms with Gasteiger partial charge in [0, 0.05) is 42.1 Å². The summed E-state index contributed by atoms with van der Waals surface area (Å²) >= 11 is 0. The van der Waals surface area contributed by atoms with Gasteiger partial charge in [0.1, 0.15) is 5.75 Å². The lowest BCUT2D eigenvalue weighted by Gasteiger charge is -2.04. The number of carbonyl (C=O) groups is 1. The van der Waals surface area contributed by atoms with Crippen molar-refractivity contribution in [2.45, 2.75) is 6.54 Å². The average molecular weight is 281 g/mol. The SMILES string of the molecule is COc1ccc2c(C(=O)NCc3cccnc3)c[nH]c2c1. The van der Waals surface area contributed by atoms with Crippen molar-refractivity contribution in [1.82, 2.24) is 15.3 Å². The van der Waals surface area contributed by atoms with Crippen molar-refractivity contribution in [2.24, 2.45) is 0 Å². The summed E-state index contributed by atoms with van der Waals surface area (Å²) in [5.41, 5.74) is 2.46. The number of nitrogens with one attached hydrogen (secondary N) is 2. The molecule has 2 heterocycles. The van der Waals surface area contributed by atoms with Crippen LogP contribution in [0.1, 0.15) is 15.9 Å². The van der Waals surface area contributed by atoms with Gasteiger partial charge < -0.3 is 15.0 Å². The predicted octanol–water partition coefficient (Wildman–Crippen LogP) is 2.50. The Kier molecular flexibility index (Phi) is 3.55. The van der Waals surface area contributed by atoms with Crippen LogP contribution in [0.15, 0.2) is 48.9 Å². The molecule has 0 aliphatic carbocycles. The molecule has 2 aromatic heterocycles. The summed E-state index contributed by atoms with van der Waals surface area (Å²) in [5, 5.41) is 3.77. The zero-order valence-electron chi connectivity index (χ0n) is 11.6. The van der Waals surface area contributed by atoms with E-state index in [2.05, 4.69) is 15.3 Å². The molecule has 3 rings (SSSR count). The Bertz CT molecular complexity index is 766. The molecule has 0 unspecified atom stereocenters. The van der Waals surface area contributed by atoms with Gasteiger partial charge in [0.25, 0.3) is 5.91 Å². The molecule has 106 valence electrons. The number of aromatic amines is 1. The number of hydrogen-bond acceptors (Lipinski definition) is 3. The van der Waals surface area contributed by atoms with Crippen LogP contribution in [-0.4, -0.2) is 23.0 Å². The summed E-state index contributed by atoms with van der Waals surface area (Å²) in [7, 11) is 1.62. The molecule has 0 radical (unpaired) electrons. The van der Waals surface area contributed by atoms with E-state index in [9.17, 15) is 4.79 Å². The van der Waals surface area contributed by atoms with Gasteiger partial charge in [-0.2, -0.15) is 0 Å². The van der Waals surface area contributed by atoms with Gasteiger partial charge in [0.2, 0.25) is 0 Å². The fraction of sp³-hybridized carbons (Fsp3) is 0.125. The minimum absolute atomic E-state index is 0.115. The Morgan fingerprint density at radius 2 is 2.29 bits per heavy atom. The van der Waals surface area contributed by atoms with Crippen LogP contribution in [0.25, 0.3) is 10.9 Å². The van der Waals surface area contributed by atoms with Crippen LogP contribution in [0, 0.1) is 0 Å². The highest BCUT2D eigenvalue weighted by atomic mass is 16.5.